The first-order valence-electron chi connectivity index (χ1n) is 5.57. The number of carbonyl (C=O) groups excluding carboxylic acids is 1. The van der Waals surface area contributed by atoms with Crippen molar-refractivity contribution in [2.75, 3.05) is 6.54 Å². The van der Waals surface area contributed by atoms with Crippen molar-refractivity contribution in [2.24, 2.45) is 5.92 Å². The quantitative estimate of drug-likeness (QED) is 0.580. The van der Waals surface area contributed by atoms with Crippen LogP contribution in [0.1, 0.15) is 6.42 Å². The Balaban J connectivity index is 2.03. The first-order chi connectivity index (χ1) is 8.29. The van der Waals surface area contributed by atoms with E-state index < -0.39 is 0 Å². The summed E-state index contributed by atoms with van der Waals surface area (Å²) in [4.78, 5) is 12.9. The van der Waals surface area contributed by atoms with Crippen LogP contribution in [0.3, 0.4) is 0 Å². The monoisotopic (exact) mass is 228 g/mol. The summed E-state index contributed by atoms with van der Waals surface area (Å²) in [7, 11) is 0. The smallest absolute Gasteiger partial charge is 0.224 e. The van der Waals surface area contributed by atoms with Gasteiger partial charge in [-0.1, -0.05) is 6.08 Å². The van der Waals surface area contributed by atoms with Crippen LogP contribution in [0, 0.1) is 17.4 Å². The Bertz CT molecular complexity index is 497. The number of fused-ring (bicyclic) bond motifs is 3. The minimum atomic E-state index is -0.103. The second kappa shape index (κ2) is 3.67. The van der Waals surface area contributed by atoms with Gasteiger partial charge in [0.15, 0.2) is 6.19 Å². The highest BCUT2D eigenvalue weighted by atomic mass is 16.1. The molecule has 3 heterocycles. The molecule has 17 heavy (non-hydrogen) atoms. The minimum absolute atomic E-state index is 0.0313. The van der Waals surface area contributed by atoms with Crippen LogP contribution in [0.25, 0.3) is 0 Å². The first kappa shape index (κ1) is 9.97. The summed E-state index contributed by atoms with van der Waals surface area (Å²) in [5, 5.41) is 15.2. The van der Waals surface area contributed by atoms with Crippen LogP contribution in [0.2, 0.25) is 0 Å². The topological polar surface area (TPSA) is 68.2 Å². The van der Waals surface area contributed by atoms with E-state index in [-0.39, 0.29) is 18.0 Å². The van der Waals surface area contributed by atoms with Crippen LogP contribution < -0.4 is 10.6 Å². The summed E-state index contributed by atoms with van der Waals surface area (Å²) in [5.74, 6) is 0.253. The molecule has 86 valence electrons. The summed E-state index contributed by atoms with van der Waals surface area (Å²) in [6.45, 7) is 0.627. The third-order valence-electron chi connectivity index (χ3n) is 3.37. The molecule has 2 N–H and O–H groups in total. The summed E-state index contributed by atoms with van der Waals surface area (Å²) >= 11 is 0. The molecule has 0 saturated carbocycles. The van der Waals surface area contributed by atoms with E-state index in [9.17, 15) is 4.79 Å². The highest BCUT2D eigenvalue weighted by molar-refractivity contribution is 5.80. The van der Waals surface area contributed by atoms with Crippen molar-refractivity contribution in [3.05, 3.63) is 35.7 Å². The van der Waals surface area contributed by atoms with Gasteiger partial charge < -0.3 is 10.6 Å². The Labute approximate surface area is 99.1 Å². The Morgan fingerprint density at radius 2 is 2.41 bits per heavy atom. The SMILES string of the molecule is N#CN1C=C2CC(=O)NCC2C2=CC=CNC21. The molecular formula is C12H12N4O. The average molecular weight is 228 g/mol. The number of nitriles is 1. The fourth-order valence-corrected chi connectivity index (χ4v) is 2.57. The molecule has 1 fully saturated rings. The number of allylic oxidation sites excluding steroid dienone is 2. The average Bonchev–Trinajstić information content (AvgIpc) is 2.37. The Hall–Kier alpha value is -2.22. The third-order valence-corrected chi connectivity index (χ3v) is 3.37. The molecule has 5 heteroatoms. The van der Waals surface area contributed by atoms with Gasteiger partial charge in [-0.15, -0.1) is 0 Å². The van der Waals surface area contributed by atoms with E-state index in [2.05, 4.69) is 16.8 Å². The number of nitrogens with one attached hydrogen (secondary N) is 2. The number of piperidine rings is 1. The predicted octanol–water partition coefficient (Wildman–Crippen LogP) is 0.172. The van der Waals surface area contributed by atoms with Crippen LogP contribution in [0.15, 0.2) is 35.7 Å². The van der Waals surface area contributed by atoms with Crippen molar-refractivity contribution in [2.45, 2.75) is 12.6 Å². The fraction of sp³-hybridized carbons (Fsp3) is 0.333. The molecule has 2 atom stereocenters. The van der Waals surface area contributed by atoms with E-state index in [4.69, 9.17) is 5.26 Å². The maximum absolute atomic E-state index is 11.4. The van der Waals surface area contributed by atoms with Crippen molar-refractivity contribution in [1.29, 1.82) is 5.26 Å². The number of rotatable bonds is 0. The van der Waals surface area contributed by atoms with Gasteiger partial charge in [-0.2, -0.15) is 5.26 Å². The molecule has 0 aliphatic carbocycles. The van der Waals surface area contributed by atoms with E-state index in [1.807, 2.05) is 18.4 Å². The molecule has 0 aromatic heterocycles. The van der Waals surface area contributed by atoms with Gasteiger partial charge in [-0.05, 0) is 23.4 Å². The van der Waals surface area contributed by atoms with Crippen molar-refractivity contribution < 1.29 is 4.79 Å². The number of nitrogens with zero attached hydrogens (tertiary/aromatic N) is 2. The molecule has 0 aromatic rings. The summed E-state index contributed by atoms with van der Waals surface area (Å²) in [6, 6.07) is 0. The molecule has 0 aromatic carbocycles. The van der Waals surface area contributed by atoms with Crippen LogP contribution in [-0.2, 0) is 4.79 Å². The van der Waals surface area contributed by atoms with Crippen LogP contribution in [0.4, 0.5) is 0 Å². The van der Waals surface area contributed by atoms with Crippen molar-refractivity contribution in [3.63, 3.8) is 0 Å². The molecule has 3 rings (SSSR count). The number of amides is 1. The lowest BCUT2D eigenvalue weighted by Crippen LogP contribution is -2.50. The van der Waals surface area contributed by atoms with E-state index in [0.717, 1.165) is 11.1 Å². The number of carbonyl (C=O) groups is 1. The number of hydrogen-bond donors (Lipinski definition) is 2. The lowest BCUT2D eigenvalue weighted by atomic mass is 9.81. The van der Waals surface area contributed by atoms with Crippen LogP contribution in [-0.4, -0.2) is 23.5 Å². The number of hydrogen-bond acceptors (Lipinski definition) is 4. The van der Waals surface area contributed by atoms with E-state index in [0.29, 0.717) is 13.0 Å². The Kier molecular flexibility index (Phi) is 2.15. The standard InChI is InChI=1S/C12H12N4O/c13-7-16-6-8-4-11(17)15-5-10(8)9-2-1-3-14-12(9)16/h1-3,6,10,12,14H,4-5H2,(H,15,17). The zero-order valence-electron chi connectivity index (χ0n) is 9.18. The predicted molar refractivity (Wildman–Crippen MR) is 60.8 cm³/mol. The van der Waals surface area contributed by atoms with Crippen LogP contribution >= 0.6 is 0 Å². The zero-order chi connectivity index (χ0) is 11.8. The molecule has 1 saturated heterocycles. The summed E-state index contributed by atoms with van der Waals surface area (Å²) in [6.07, 6.45) is 10.0. The van der Waals surface area contributed by atoms with E-state index >= 15 is 0 Å². The van der Waals surface area contributed by atoms with Crippen molar-refractivity contribution in [3.8, 4) is 6.19 Å². The summed E-state index contributed by atoms with van der Waals surface area (Å²) in [5.41, 5.74) is 2.17. The molecule has 3 aliphatic heterocycles. The van der Waals surface area contributed by atoms with Crippen molar-refractivity contribution in [1.82, 2.24) is 15.5 Å². The molecule has 3 aliphatic rings. The van der Waals surface area contributed by atoms with Gasteiger partial charge in [0.25, 0.3) is 0 Å². The lowest BCUT2D eigenvalue weighted by Gasteiger charge is -2.40. The molecule has 1 amide bonds. The second-order valence-corrected chi connectivity index (χ2v) is 4.34. The molecule has 0 spiro atoms. The fourth-order valence-electron chi connectivity index (χ4n) is 2.57. The van der Waals surface area contributed by atoms with Gasteiger partial charge in [0.05, 0.1) is 0 Å². The molecular weight excluding hydrogens is 216 g/mol. The molecule has 0 bridgehead atoms. The summed E-state index contributed by atoms with van der Waals surface area (Å²) < 4.78 is 0. The highest BCUT2D eigenvalue weighted by Crippen LogP contribution is 2.34. The second-order valence-electron chi connectivity index (χ2n) is 4.34. The first-order valence-corrected chi connectivity index (χ1v) is 5.57. The molecule has 2 unspecified atom stereocenters. The van der Waals surface area contributed by atoms with Crippen molar-refractivity contribution >= 4 is 5.91 Å². The molecule has 0 radical (unpaired) electrons. The number of dihydropyridines is 1. The normalized spacial score (nSPS) is 30.1. The lowest BCUT2D eigenvalue weighted by molar-refractivity contribution is -0.121. The van der Waals surface area contributed by atoms with Crippen LogP contribution in [0.5, 0.6) is 0 Å². The van der Waals surface area contributed by atoms with Gasteiger partial charge >= 0.3 is 0 Å². The van der Waals surface area contributed by atoms with Gasteiger partial charge in [-0.25, -0.2) is 0 Å². The minimum Gasteiger partial charge on any atom is -0.367 e. The largest absolute Gasteiger partial charge is 0.367 e. The Morgan fingerprint density at radius 1 is 1.53 bits per heavy atom. The van der Waals surface area contributed by atoms with Gasteiger partial charge in [0.2, 0.25) is 5.91 Å². The molecule has 5 nitrogen and oxygen atoms in total. The zero-order valence-corrected chi connectivity index (χ0v) is 9.18. The van der Waals surface area contributed by atoms with Gasteiger partial charge in [-0.3, -0.25) is 9.69 Å². The maximum atomic E-state index is 11.4. The van der Waals surface area contributed by atoms with Gasteiger partial charge in [0.1, 0.15) is 6.17 Å². The third kappa shape index (κ3) is 1.49. The Morgan fingerprint density at radius 3 is 3.24 bits per heavy atom. The maximum Gasteiger partial charge on any atom is 0.224 e. The highest BCUT2D eigenvalue weighted by Gasteiger charge is 2.37. The van der Waals surface area contributed by atoms with Gasteiger partial charge in [0, 0.05) is 25.1 Å². The van der Waals surface area contributed by atoms with E-state index in [1.54, 1.807) is 11.1 Å². The van der Waals surface area contributed by atoms with E-state index in [1.165, 1.54) is 0 Å².